The van der Waals surface area contributed by atoms with E-state index in [4.69, 9.17) is 9.47 Å². The van der Waals surface area contributed by atoms with Crippen molar-refractivity contribution < 1.29 is 18.7 Å². The van der Waals surface area contributed by atoms with Crippen LogP contribution in [0.5, 0.6) is 11.5 Å². The summed E-state index contributed by atoms with van der Waals surface area (Å²) in [6.45, 7) is 1.55. The second-order valence-corrected chi connectivity index (χ2v) is 7.50. The highest BCUT2D eigenvalue weighted by Crippen LogP contribution is 2.38. The minimum atomic E-state index is -0.266. The molecular weight excluding hydrogens is 359 g/mol. The summed E-state index contributed by atoms with van der Waals surface area (Å²) in [4.78, 5) is 14.5. The van der Waals surface area contributed by atoms with Crippen LogP contribution >= 0.6 is 0 Å². The fraction of sp³-hybridized carbons (Fsp3) is 0.409. The molecule has 1 fully saturated rings. The van der Waals surface area contributed by atoms with Crippen molar-refractivity contribution in [2.45, 2.75) is 31.8 Å². The van der Waals surface area contributed by atoms with E-state index >= 15 is 0 Å². The van der Waals surface area contributed by atoms with Gasteiger partial charge >= 0.3 is 6.03 Å². The number of carbonyl (C=O) groups excluding carboxylic acids is 1. The van der Waals surface area contributed by atoms with Crippen LogP contribution in [0.3, 0.4) is 0 Å². The van der Waals surface area contributed by atoms with E-state index in [1.165, 1.54) is 18.6 Å². The Kier molecular flexibility index (Phi) is 5.37. The number of halogens is 1. The third-order valence-electron chi connectivity index (χ3n) is 5.50. The standard InChI is InChI=1S/C22H25FN2O3/c1-25(14-15-5-10-19-20(13-15)28-12-11-27-19)22(26)24-21(16-3-2-4-16)17-6-8-18(23)9-7-17/h5-10,13,16,21H,2-4,11-12,14H2,1H3,(H,24,26). The first-order chi connectivity index (χ1) is 13.6. The summed E-state index contributed by atoms with van der Waals surface area (Å²) < 4.78 is 24.4. The minimum absolute atomic E-state index is 0.0930. The summed E-state index contributed by atoms with van der Waals surface area (Å²) in [6, 6.07) is 11.9. The van der Waals surface area contributed by atoms with Crippen LogP contribution in [-0.4, -0.2) is 31.2 Å². The molecule has 1 heterocycles. The van der Waals surface area contributed by atoms with E-state index in [2.05, 4.69) is 5.32 Å². The Balaban J connectivity index is 1.42. The molecular formula is C22H25FN2O3. The van der Waals surface area contributed by atoms with Crippen LogP contribution in [0.15, 0.2) is 42.5 Å². The average Bonchev–Trinajstić information content (AvgIpc) is 2.66. The molecule has 2 amide bonds. The van der Waals surface area contributed by atoms with Crippen molar-refractivity contribution in [3.63, 3.8) is 0 Å². The molecule has 2 aliphatic rings. The van der Waals surface area contributed by atoms with E-state index in [-0.39, 0.29) is 17.9 Å². The van der Waals surface area contributed by atoms with E-state index < -0.39 is 0 Å². The van der Waals surface area contributed by atoms with Crippen LogP contribution in [0.25, 0.3) is 0 Å². The van der Waals surface area contributed by atoms with E-state index in [9.17, 15) is 9.18 Å². The van der Waals surface area contributed by atoms with Gasteiger partial charge in [0.1, 0.15) is 19.0 Å². The van der Waals surface area contributed by atoms with Gasteiger partial charge in [-0.05, 0) is 54.2 Å². The van der Waals surface area contributed by atoms with Crippen LogP contribution < -0.4 is 14.8 Å². The van der Waals surface area contributed by atoms with Crippen LogP contribution in [0.4, 0.5) is 9.18 Å². The number of rotatable bonds is 5. The van der Waals surface area contributed by atoms with Gasteiger partial charge in [0.2, 0.25) is 0 Å². The number of benzene rings is 2. The first-order valence-electron chi connectivity index (χ1n) is 9.76. The van der Waals surface area contributed by atoms with E-state index in [0.29, 0.717) is 25.7 Å². The molecule has 2 aromatic carbocycles. The number of hydrogen-bond donors (Lipinski definition) is 1. The van der Waals surface area contributed by atoms with Gasteiger partial charge in [0.15, 0.2) is 11.5 Å². The molecule has 6 heteroatoms. The monoisotopic (exact) mass is 384 g/mol. The maximum atomic E-state index is 13.3. The van der Waals surface area contributed by atoms with Gasteiger partial charge in [-0.2, -0.15) is 0 Å². The number of nitrogens with one attached hydrogen (secondary N) is 1. The van der Waals surface area contributed by atoms with Gasteiger partial charge in [0.25, 0.3) is 0 Å². The number of fused-ring (bicyclic) bond motifs is 1. The maximum Gasteiger partial charge on any atom is 0.317 e. The van der Waals surface area contributed by atoms with Gasteiger partial charge in [-0.1, -0.05) is 24.6 Å². The first kappa shape index (κ1) is 18.6. The Bertz CT molecular complexity index is 836. The highest BCUT2D eigenvalue weighted by molar-refractivity contribution is 5.74. The van der Waals surface area contributed by atoms with Crippen molar-refractivity contribution in [3.05, 3.63) is 59.4 Å². The number of amides is 2. The number of hydrogen-bond acceptors (Lipinski definition) is 3. The number of ether oxygens (including phenoxy) is 2. The van der Waals surface area contributed by atoms with Crippen LogP contribution in [0.2, 0.25) is 0 Å². The predicted octanol–water partition coefficient (Wildman–Crippen LogP) is 4.28. The summed E-state index contributed by atoms with van der Waals surface area (Å²) in [6.07, 6.45) is 3.33. The van der Waals surface area contributed by atoms with Crippen molar-refractivity contribution in [2.75, 3.05) is 20.3 Å². The van der Waals surface area contributed by atoms with Gasteiger partial charge < -0.3 is 19.7 Å². The van der Waals surface area contributed by atoms with E-state index in [1.807, 2.05) is 18.2 Å². The van der Waals surface area contributed by atoms with Crippen LogP contribution in [-0.2, 0) is 6.54 Å². The second kappa shape index (κ2) is 8.09. The smallest absolute Gasteiger partial charge is 0.317 e. The number of nitrogens with zero attached hydrogens (tertiary/aromatic N) is 1. The van der Waals surface area contributed by atoms with Gasteiger partial charge in [-0.15, -0.1) is 0 Å². The summed E-state index contributed by atoms with van der Waals surface area (Å²) in [5.74, 6) is 1.59. The predicted molar refractivity (Wildman–Crippen MR) is 104 cm³/mol. The van der Waals surface area contributed by atoms with Gasteiger partial charge in [-0.25, -0.2) is 9.18 Å². The maximum absolute atomic E-state index is 13.3. The molecule has 1 aliphatic heterocycles. The first-order valence-corrected chi connectivity index (χ1v) is 9.76. The van der Waals surface area contributed by atoms with Crippen LogP contribution in [0.1, 0.15) is 36.4 Å². The second-order valence-electron chi connectivity index (χ2n) is 7.50. The summed E-state index contributed by atoms with van der Waals surface area (Å²) >= 11 is 0. The lowest BCUT2D eigenvalue weighted by Gasteiger charge is -2.35. The van der Waals surface area contributed by atoms with Crippen LogP contribution in [0, 0.1) is 11.7 Å². The molecule has 0 saturated heterocycles. The Morgan fingerprint density at radius 2 is 1.86 bits per heavy atom. The van der Waals surface area contributed by atoms with Crippen molar-refractivity contribution in [1.29, 1.82) is 0 Å². The van der Waals surface area contributed by atoms with Crippen molar-refractivity contribution >= 4 is 6.03 Å². The zero-order valence-electron chi connectivity index (χ0n) is 16.0. The number of carbonyl (C=O) groups is 1. The highest BCUT2D eigenvalue weighted by atomic mass is 19.1. The van der Waals surface area contributed by atoms with Gasteiger partial charge in [0.05, 0.1) is 6.04 Å². The van der Waals surface area contributed by atoms with E-state index in [0.717, 1.165) is 35.5 Å². The zero-order chi connectivity index (χ0) is 19.5. The van der Waals surface area contributed by atoms with Crippen molar-refractivity contribution in [2.24, 2.45) is 5.92 Å². The zero-order valence-corrected chi connectivity index (χ0v) is 16.0. The minimum Gasteiger partial charge on any atom is -0.486 e. The normalized spacial score (nSPS) is 16.8. The molecule has 0 bridgehead atoms. The molecule has 0 radical (unpaired) electrons. The topological polar surface area (TPSA) is 50.8 Å². The largest absolute Gasteiger partial charge is 0.486 e. The van der Waals surface area contributed by atoms with Gasteiger partial charge in [-0.3, -0.25) is 0 Å². The molecule has 1 aliphatic carbocycles. The molecule has 0 aromatic heterocycles. The summed E-state index contributed by atoms with van der Waals surface area (Å²) in [7, 11) is 1.77. The lowest BCUT2D eigenvalue weighted by Crippen LogP contribution is -2.42. The summed E-state index contributed by atoms with van der Waals surface area (Å²) in [5, 5.41) is 3.15. The summed E-state index contributed by atoms with van der Waals surface area (Å²) in [5.41, 5.74) is 1.93. The Labute approximate surface area is 164 Å². The van der Waals surface area contributed by atoms with Crippen molar-refractivity contribution in [1.82, 2.24) is 10.2 Å². The van der Waals surface area contributed by atoms with E-state index in [1.54, 1.807) is 24.1 Å². The highest BCUT2D eigenvalue weighted by Gasteiger charge is 2.30. The lowest BCUT2D eigenvalue weighted by atomic mass is 9.77. The van der Waals surface area contributed by atoms with Gasteiger partial charge in [0, 0.05) is 13.6 Å². The third kappa shape index (κ3) is 4.06. The molecule has 2 aromatic rings. The lowest BCUT2D eigenvalue weighted by molar-refractivity contribution is 0.170. The third-order valence-corrected chi connectivity index (χ3v) is 5.50. The molecule has 1 saturated carbocycles. The fourth-order valence-corrected chi connectivity index (χ4v) is 3.69. The molecule has 1 unspecified atom stereocenters. The molecule has 5 nitrogen and oxygen atoms in total. The quantitative estimate of drug-likeness (QED) is 0.837. The SMILES string of the molecule is CN(Cc1ccc2c(c1)OCCO2)C(=O)NC(c1ccc(F)cc1)C1CCC1. The number of urea groups is 1. The fourth-order valence-electron chi connectivity index (χ4n) is 3.69. The molecule has 1 N–H and O–H groups in total. The molecule has 0 spiro atoms. The molecule has 148 valence electrons. The average molecular weight is 384 g/mol. The Morgan fingerprint density at radius 1 is 1.14 bits per heavy atom. The molecule has 28 heavy (non-hydrogen) atoms. The van der Waals surface area contributed by atoms with Crippen molar-refractivity contribution in [3.8, 4) is 11.5 Å². The molecule has 4 rings (SSSR count). The Hall–Kier alpha value is -2.76. The molecule has 1 atom stereocenters. The Morgan fingerprint density at radius 3 is 2.54 bits per heavy atom.